The summed E-state index contributed by atoms with van der Waals surface area (Å²) in [6, 6.07) is 9.09. The van der Waals surface area contributed by atoms with E-state index in [-0.39, 0.29) is 5.91 Å². The zero-order valence-corrected chi connectivity index (χ0v) is 7.33. The fourth-order valence-corrected chi connectivity index (χ4v) is 0.955. The topological polar surface area (TPSA) is 29.1 Å². The number of rotatable bonds is 1. The van der Waals surface area contributed by atoms with Gasteiger partial charge in [-0.3, -0.25) is 8.32 Å². The van der Waals surface area contributed by atoms with Crippen LogP contribution in [0.1, 0.15) is 10.4 Å². The van der Waals surface area contributed by atoms with E-state index in [4.69, 9.17) is 0 Å². The van der Waals surface area contributed by atoms with E-state index in [2.05, 4.69) is 3.53 Å². The Kier molecular flexibility index (Phi) is 2.68. The highest BCUT2D eigenvalue weighted by Crippen LogP contribution is 1.97. The van der Waals surface area contributed by atoms with E-state index in [0.717, 1.165) is 0 Å². The van der Waals surface area contributed by atoms with Crippen LogP contribution in [-0.2, 0) is 0 Å². The van der Waals surface area contributed by atoms with Crippen LogP contribution in [0.5, 0.6) is 0 Å². The van der Waals surface area contributed by atoms with Gasteiger partial charge in [-0.1, -0.05) is 18.2 Å². The first-order valence-electron chi connectivity index (χ1n) is 2.80. The molecule has 0 saturated carbocycles. The fourth-order valence-electron chi connectivity index (χ4n) is 0.644. The van der Waals surface area contributed by atoms with E-state index < -0.39 is 0 Å². The molecule has 3 heteroatoms. The Labute approximate surface area is 73.1 Å². The molecule has 1 amide bonds. The highest BCUT2D eigenvalue weighted by molar-refractivity contribution is 14.1. The van der Waals surface area contributed by atoms with Gasteiger partial charge in [0.25, 0.3) is 5.91 Å². The van der Waals surface area contributed by atoms with Gasteiger partial charge in [0.2, 0.25) is 0 Å². The number of benzene rings is 1. The zero-order chi connectivity index (χ0) is 7.40. The minimum absolute atomic E-state index is 0.0544. The molecule has 0 aliphatic carbocycles. The van der Waals surface area contributed by atoms with Crippen molar-refractivity contribution in [2.75, 3.05) is 0 Å². The predicted molar refractivity (Wildman–Crippen MR) is 47.9 cm³/mol. The monoisotopic (exact) mass is 247 g/mol. The van der Waals surface area contributed by atoms with Gasteiger partial charge in [0.1, 0.15) is 0 Å². The quantitative estimate of drug-likeness (QED) is 0.594. The molecule has 0 aromatic heterocycles. The van der Waals surface area contributed by atoms with Crippen LogP contribution in [0.25, 0.3) is 0 Å². The van der Waals surface area contributed by atoms with Gasteiger partial charge in [-0.25, -0.2) is 0 Å². The molecule has 0 unspecified atom stereocenters. The number of hydrogen-bond donors (Lipinski definition) is 1. The lowest BCUT2D eigenvalue weighted by Crippen LogP contribution is -2.10. The molecule has 1 aromatic carbocycles. The highest BCUT2D eigenvalue weighted by atomic mass is 127. The summed E-state index contributed by atoms with van der Waals surface area (Å²) in [5, 5.41) is 0. The van der Waals surface area contributed by atoms with Gasteiger partial charge >= 0.3 is 0 Å². The summed E-state index contributed by atoms with van der Waals surface area (Å²) in [6.07, 6.45) is 0. The number of halogens is 1. The van der Waals surface area contributed by atoms with Gasteiger partial charge in [0, 0.05) is 5.56 Å². The first-order chi connectivity index (χ1) is 4.84. The van der Waals surface area contributed by atoms with E-state index in [1.807, 2.05) is 41.1 Å². The number of carbonyl (C=O) groups excluding carboxylic acids is 1. The third-order valence-electron chi connectivity index (χ3n) is 1.12. The van der Waals surface area contributed by atoms with E-state index in [1.165, 1.54) is 0 Å². The van der Waals surface area contributed by atoms with Crippen molar-refractivity contribution in [1.82, 2.24) is 3.53 Å². The third-order valence-corrected chi connectivity index (χ3v) is 1.61. The Hall–Kier alpha value is -0.580. The molecule has 0 saturated heterocycles. The zero-order valence-electron chi connectivity index (χ0n) is 5.17. The first kappa shape index (κ1) is 7.53. The molecular weight excluding hydrogens is 241 g/mol. The summed E-state index contributed by atoms with van der Waals surface area (Å²) in [6.45, 7) is 0. The normalized spacial score (nSPS) is 8.90. The van der Waals surface area contributed by atoms with Crippen LogP contribution in [0.2, 0.25) is 0 Å². The molecule has 2 nitrogen and oxygen atoms in total. The van der Waals surface area contributed by atoms with Crippen molar-refractivity contribution in [1.29, 1.82) is 0 Å². The van der Waals surface area contributed by atoms with E-state index in [9.17, 15) is 4.79 Å². The maximum atomic E-state index is 10.9. The van der Waals surface area contributed by atoms with Crippen molar-refractivity contribution >= 4 is 28.8 Å². The lowest BCUT2D eigenvalue weighted by Gasteiger charge is -1.94. The molecular formula is C7H6INO. The summed E-state index contributed by atoms with van der Waals surface area (Å²) in [4.78, 5) is 10.9. The average Bonchev–Trinajstić information content (AvgIpc) is 2.05. The van der Waals surface area contributed by atoms with Crippen LogP contribution < -0.4 is 3.53 Å². The van der Waals surface area contributed by atoms with Crippen LogP contribution in [-0.4, -0.2) is 5.91 Å². The molecule has 10 heavy (non-hydrogen) atoms. The van der Waals surface area contributed by atoms with Crippen molar-refractivity contribution < 1.29 is 4.79 Å². The summed E-state index contributed by atoms with van der Waals surface area (Å²) >= 11 is 1.82. The molecule has 52 valence electrons. The second-order valence-corrected chi connectivity index (χ2v) is 2.33. The Morgan fingerprint density at radius 1 is 1.30 bits per heavy atom. The van der Waals surface area contributed by atoms with E-state index in [0.29, 0.717) is 5.56 Å². The molecule has 0 radical (unpaired) electrons. The first-order valence-corrected chi connectivity index (χ1v) is 3.88. The average molecular weight is 247 g/mol. The molecule has 1 N–H and O–H groups in total. The fraction of sp³-hybridized carbons (Fsp3) is 0. The minimum atomic E-state index is -0.0544. The summed E-state index contributed by atoms with van der Waals surface area (Å²) < 4.78 is 2.51. The lowest BCUT2D eigenvalue weighted by atomic mass is 10.2. The number of hydrogen-bond acceptors (Lipinski definition) is 1. The Balaban J connectivity index is 2.85. The summed E-state index contributed by atoms with van der Waals surface area (Å²) in [7, 11) is 0. The molecule has 0 bridgehead atoms. The Morgan fingerprint density at radius 3 is 2.40 bits per heavy atom. The largest absolute Gasteiger partial charge is 0.295 e. The molecule has 1 rings (SSSR count). The number of amides is 1. The van der Waals surface area contributed by atoms with Crippen LogP contribution in [0.4, 0.5) is 0 Å². The van der Waals surface area contributed by atoms with Gasteiger partial charge in [-0.05, 0) is 12.1 Å². The maximum Gasteiger partial charge on any atom is 0.259 e. The highest BCUT2D eigenvalue weighted by Gasteiger charge is 1.98. The van der Waals surface area contributed by atoms with Gasteiger partial charge < -0.3 is 0 Å². The Morgan fingerprint density at radius 2 is 1.90 bits per heavy atom. The Bertz CT molecular complexity index is 222. The summed E-state index contributed by atoms with van der Waals surface area (Å²) in [5.74, 6) is -0.0544. The minimum Gasteiger partial charge on any atom is -0.295 e. The lowest BCUT2D eigenvalue weighted by molar-refractivity contribution is 0.0989. The third kappa shape index (κ3) is 1.70. The number of carbonyl (C=O) groups is 1. The molecule has 0 aliphatic heterocycles. The van der Waals surface area contributed by atoms with E-state index >= 15 is 0 Å². The van der Waals surface area contributed by atoms with Gasteiger partial charge in [-0.15, -0.1) is 0 Å². The van der Waals surface area contributed by atoms with Crippen LogP contribution in [0, 0.1) is 0 Å². The van der Waals surface area contributed by atoms with Crippen molar-refractivity contribution in [2.45, 2.75) is 0 Å². The van der Waals surface area contributed by atoms with Crippen LogP contribution in [0.15, 0.2) is 30.3 Å². The molecule has 0 atom stereocenters. The molecule has 0 fully saturated rings. The molecule has 0 heterocycles. The van der Waals surface area contributed by atoms with Crippen molar-refractivity contribution in [3.63, 3.8) is 0 Å². The predicted octanol–water partition coefficient (Wildman–Crippen LogP) is 1.77. The molecule has 0 spiro atoms. The van der Waals surface area contributed by atoms with Gasteiger partial charge in [0.15, 0.2) is 0 Å². The smallest absolute Gasteiger partial charge is 0.259 e. The van der Waals surface area contributed by atoms with E-state index in [1.54, 1.807) is 12.1 Å². The van der Waals surface area contributed by atoms with Crippen LogP contribution >= 0.6 is 22.9 Å². The molecule has 1 aromatic rings. The molecule has 0 aliphatic rings. The number of nitrogens with one attached hydrogen (secondary N) is 1. The van der Waals surface area contributed by atoms with Crippen molar-refractivity contribution in [3.05, 3.63) is 35.9 Å². The van der Waals surface area contributed by atoms with Gasteiger partial charge in [-0.2, -0.15) is 0 Å². The van der Waals surface area contributed by atoms with Crippen molar-refractivity contribution in [3.8, 4) is 0 Å². The van der Waals surface area contributed by atoms with Gasteiger partial charge in [0.05, 0.1) is 22.9 Å². The summed E-state index contributed by atoms with van der Waals surface area (Å²) in [5.41, 5.74) is 0.692. The standard InChI is InChI=1S/C7H6INO/c8-9-7(10)6-4-2-1-3-5-6/h1-5H,(H,9,10). The second-order valence-electron chi connectivity index (χ2n) is 1.79. The van der Waals surface area contributed by atoms with Crippen LogP contribution in [0.3, 0.4) is 0 Å². The second kappa shape index (κ2) is 3.55. The SMILES string of the molecule is O=C(NI)c1ccccc1. The maximum absolute atomic E-state index is 10.9. The van der Waals surface area contributed by atoms with Crippen molar-refractivity contribution in [2.24, 2.45) is 0 Å².